The van der Waals surface area contributed by atoms with Crippen LogP contribution in [-0.2, 0) is 0 Å². The topological polar surface area (TPSA) is 0 Å². The summed E-state index contributed by atoms with van der Waals surface area (Å²) in [7, 11) is 0. The Balaban J connectivity index is 2.58. The van der Waals surface area contributed by atoms with Gasteiger partial charge in [-0.15, -0.1) is 12.6 Å². The zero-order valence-electron chi connectivity index (χ0n) is 8.99. The minimum atomic E-state index is 1.00. The van der Waals surface area contributed by atoms with E-state index < -0.39 is 0 Å². The molecule has 0 nitrogen and oxygen atoms in total. The van der Waals surface area contributed by atoms with Crippen LogP contribution in [0.5, 0.6) is 0 Å². The summed E-state index contributed by atoms with van der Waals surface area (Å²) in [5, 5.41) is 0. The second kappa shape index (κ2) is 4.11. The molecule has 0 aromatic heterocycles. The summed E-state index contributed by atoms with van der Waals surface area (Å²) in [6, 6.07) is 14.7. The van der Waals surface area contributed by atoms with Gasteiger partial charge in [-0.3, -0.25) is 0 Å². The Labute approximate surface area is 96.4 Å². The summed E-state index contributed by atoms with van der Waals surface area (Å²) in [5.41, 5.74) is 5.25. The smallest absolute Gasteiger partial charge is 0.00404 e. The Bertz CT molecular complexity index is 449. The van der Waals surface area contributed by atoms with E-state index in [2.05, 4.69) is 56.8 Å². The van der Waals surface area contributed by atoms with Crippen molar-refractivity contribution in [1.29, 1.82) is 0 Å². The SMILES string of the molecule is Cc1cccc(C)c1-c1ccc(S)cc1. The van der Waals surface area contributed by atoms with Crippen LogP contribution in [0.2, 0.25) is 0 Å². The number of hydrogen-bond donors (Lipinski definition) is 1. The molecule has 76 valence electrons. The molecule has 0 aliphatic rings. The number of thiol groups is 1. The molecular weight excluding hydrogens is 200 g/mol. The molecule has 2 rings (SSSR count). The molecular formula is C14H14S. The standard InChI is InChI=1S/C14H14S/c1-10-4-3-5-11(2)14(10)12-6-8-13(15)9-7-12/h3-9,15H,1-2H3. The quantitative estimate of drug-likeness (QED) is 0.674. The van der Waals surface area contributed by atoms with Crippen LogP contribution in [0.1, 0.15) is 11.1 Å². The average molecular weight is 214 g/mol. The molecule has 0 saturated carbocycles. The molecule has 0 bridgehead atoms. The fourth-order valence-corrected chi connectivity index (χ4v) is 2.05. The summed E-state index contributed by atoms with van der Waals surface area (Å²) < 4.78 is 0. The Hall–Kier alpha value is -1.21. The molecule has 0 atom stereocenters. The summed E-state index contributed by atoms with van der Waals surface area (Å²) in [5.74, 6) is 0. The van der Waals surface area contributed by atoms with Crippen LogP contribution in [0.4, 0.5) is 0 Å². The van der Waals surface area contributed by atoms with Crippen molar-refractivity contribution in [3.8, 4) is 11.1 Å². The molecule has 0 aliphatic heterocycles. The van der Waals surface area contributed by atoms with Crippen LogP contribution >= 0.6 is 12.6 Å². The van der Waals surface area contributed by atoms with Gasteiger partial charge in [0.25, 0.3) is 0 Å². The lowest BCUT2D eigenvalue weighted by molar-refractivity contribution is 1.37. The molecule has 0 spiro atoms. The molecule has 0 heterocycles. The molecule has 0 aliphatic carbocycles. The molecule has 0 unspecified atom stereocenters. The van der Waals surface area contributed by atoms with Gasteiger partial charge < -0.3 is 0 Å². The van der Waals surface area contributed by atoms with Crippen LogP contribution < -0.4 is 0 Å². The predicted molar refractivity (Wildman–Crippen MR) is 68.6 cm³/mol. The molecule has 15 heavy (non-hydrogen) atoms. The Kier molecular flexibility index (Phi) is 2.83. The highest BCUT2D eigenvalue weighted by Gasteiger charge is 2.03. The number of hydrogen-bond acceptors (Lipinski definition) is 1. The van der Waals surface area contributed by atoms with Crippen LogP contribution in [0.3, 0.4) is 0 Å². The van der Waals surface area contributed by atoms with Crippen molar-refractivity contribution >= 4 is 12.6 Å². The Morgan fingerprint density at radius 3 is 1.87 bits per heavy atom. The summed E-state index contributed by atoms with van der Waals surface area (Å²) in [6.45, 7) is 4.30. The molecule has 1 heteroatoms. The maximum absolute atomic E-state index is 4.30. The van der Waals surface area contributed by atoms with E-state index in [-0.39, 0.29) is 0 Å². The molecule has 0 radical (unpaired) electrons. The lowest BCUT2D eigenvalue weighted by atomic mass is 9.96. The van der Waals surface area contributed by atoms with Gasteiger partial charge in [-0.05, 0) is 48.2 Å². The first kappa shape index (κ1) is 10.3. The normalized spacial score (nSPS) is 10.3. The highest BCUT2D eigenvalue weighted by Crippen LogP contribution is 2.27. The van der Waals surface area contributed by atoms with Gasteiger partial charge >= 0.3 is 0 Å². The zero-order valence-corrected chi connectivity index (χ0v) is 9.88. The van der Waals surface area contributed by atoms with Gasteiger partial charge in [0.05, 0.1) is 0 Å². The van der Waals surface area contributed by atoms with Crippen LogP contribution in [0, 0.1) is 13.8 Å². The van der Waals surface area contributed by atoms with Crippen molar-refractivity contribution < 1.29 is 0 Å². The van der Waals surface area contributed by atoms with Crippen LogP contribution in [0.25, 0.3) is 11.1 Å². The number of aryl methyl sites for hydroxylation is 2. The second-order valence-electron chi connectivity index (χ2n) is 3.81. The monoisotopic (exact) mass is 214 g/mol. The van der Waals surface area contributed by atoms with E-state index in [1.807, 2.05) is 12.1 Å². The summed E-state index contributed by atoms with van der Waals surface area (Å²) in [6.07, 6.45) is 0. The van der Waals surface area contributed by atoms with Crippen molar-refractivity contribution in [3.05, 3.63) is 53.6 Å². The Morgan fingerprint density at radius 2 is 1.33 bits per heavy atom. The zero-order chi connectivity index (χ0) is 10.8. The van der Waals surface area contributed by atoms with E-state index in [0.717, 1.165) is 4.90 Å². The van der Waals surface area contributed by atoms with Crippen LogP contribution in [-0.4, -0.2) is 0 Å². The fraction of sp³-hybridized carbons (Fsp3) is 0.143. The maximum Gasteiger partial charge on any atom is 0.00404 e. The average Bonchev–Trinajstić information content (AvgIpc) is 2.20. The Morgan fingerprint density at radius 1 is 0.800 bits per heavy atom. The van der Waals surface area contributed by atoms with Gasteiger partial charge in [-0.1, -0.05) is 30.3 Å². The highest BCUT2D eigenvalue weighted by molar-refractivity contribution is 7.80. The maximum atomic E-state index is 4.30. The fourth-order valence-electron chi connectivity index (χ4n) is 1.90. The third-order valence-electron chi connectivity index (χ3n) is 2.64. The number of rotatable bonds is 1. The lowest BCUT2D eigenvalue weighted by Crippen LogP contribution is -1.87. The van der Waals surface area contributed by atoms with Gasteiger partial charge in [0.2, 0.25) is 0 Å². The van der Waals surface area contributed by atoms with Gasteiger partial charge in [-0.25, -0.2) is 0 Å². The van der Waals surface area contributed by atoms with Gasteiger partial charge in [0.1, 0.15) is 0 Å². The summed E-state index contributed by atoms with van der Waals surface area (Å²) in [4.78, 5) is 1.00. The minimum Gasteiger partial charge on any atom is -0.143 e. The minimum absolute atomic E-state index is 1.00. The first-order chi connectivity index (χ1) is 7.18. The molecule has 0 N–H and O–H groups in total. The van der Waals surface area contributed by atoms with E-state index in [0.29, 0.717) is 0 Å². The molecule has 0 amide bonds. The lowest BCUT2D eigenvalue weighted by Gasteiger charge is -2.09. The van der Waals surface area contributed by atoms with E-state index in [4.69, 9.17) is 0 Å². The van der Waals surface area contributed by atoms with Crippen molar-refractivity contribution in [2.75, 3.05) is 0 Å². The third kappa shape index (κ3) is 2.07. The van der Waals surface area contributed by atoms with Crippen LogP contribution in [0.15, 0.2) is 47.4 Å². The molecule has 0 saturated heterocycles. The first-order valence-corrected chi connectivity index (χ1v) is 5.49. The number of benzene rings is 2. The van der Waals surface area contributed by atoms with E-state index in [1.54, 1.807) is 0 Å². The van der Waals surface area contributed by atoms with E-state index >= 15 is 0 Å². The van der Waals surface area contributed by atoms with Crippen molar-refractivity contribution in [2.24, 2.45) is 0 Å². The van der Waals surface area contributed by atoms with E-state index in [1.165, 1.54) is 22.3 Å². The largest absolute Gasteiger partial charge is 0.143 e. The van der Waals surface area contributed by atoms with Crippen molar-refractivity contribution in [1.82, 2.24) is 0 Å². The predicted octanol–water partition coefficient (Wildman–Crippen LogP) is 4.26. The van der Waals surface area contributed by atoms with Gasteiger partial charge in [0, 0.05) is 4.90 Å². The first-order valence-electron chi connectivity index (χ1n) is 5.04. The van der Waals surface area contributed by atoms with E-state index in [9.17, 15) is 0 Å². The molecule has 2 aromatic rings. The van der Waals surface area contributed by atoms with Gasteiger partial charge in [0.15, 0.2) is 0 Å². The second-order valence-corrected chi connectivity index (χ2v) is 4.33. The van der Waals surface area contributed by atoms with Gasteiger partial charge in [-0.2, -0.15) is 0 Å². The highest BCUT2D eigenvalue weighted by atomic mass is 32.1. The molecule has 2 aromatic carbocycles. The molecule has 0 fully saturated rings. The summed E-state index contributed by atoms with van der Waals surface area (Å²) >= 11 is 4.30. The third-order valence-corrected chi connectivity index (χ3v) is 2.94. The van der Waals surface area contributed by atoms with Crippen molar-refractivity contribution in [2.45, 2.75) is 18.7 Å². The van der Waals surface area contributed by atoms with Crippen molar-refractivity contribution in [3.63, 3.8) is 0 Å².